The summed E-state index contributed by atoms with van der Waals surface area (Å²) in [7, 11) is 0. The van der Waals surface area contributed by atoms with E-state index in [1.807, 2.05) is 47.7 Å². The first-order valence-corrected chi connectivity index (χ1v) is 12.9. The van der Waals surface area contributed by atoms with Crippen molar-refractivity contribution in [3.05, 3.63) is 76.7 Å². The van der Waals surface area contributed by atoms with Crippen molar-refractivity contribution in [2.45, 2.75) is 88.5 Å². The number of fused-ring (bicyclic) bond motifs is 1. The quantitative estimate of drug-likeness (QED) is 0.170. The molecule has 0 aliphatic rings. The van der Waals surface area contributed by atoms with E-state index in [1.165, 1.54) is 33.5 Å². The van der Waals surface area contributed by atoms with Crippen molar-refractivity contribution in [1.29, 1.82) is 0 Å². The first-order valence-electron chi connectivity index (χ1n) is 12.9. The third-order valence-electron chi connectivity index (χ3n) is 6.58. The average Bonchev–Trinajstić information content (AvgIpc) is 2.77. The Labute approximate surface area is 238 Å². The maximum absolute atomic E-state index is 11.5. The second-order valence-corrected chi connectivity index (χ2v) is 12.0. The first kappa shape index (κ1) is 32.7. The fraction of sp³-hybridized carbons (Fsp3) is 0.455. The van der Waals surface area contributed by atoms with Crippen LogP contribution in [-0.2, 0) is 24.9 Å². The normalized spacial score (nSPS) is 12.9. The molecule has 0 bridgehead atoms. The smallest absolute Gasteiger partial charge is 0.164 e. The molecule has 1 heterocycles. The number of aryl methyl sites for hydroxylation is 3. The Morgan fingerprint density at radius 3 is 2.14 bits per heavy atom. The minimum atomic E-state index is -0.417. The first-order chi connectivity index (χ1) is 16.6. The topological polar surface area (TPSA) is 50.2 Å². The Balaban J connectivity index is 0.000000423. The maximum Gasteiger partial charge on any atom is 0.164 e. The summed E-state index contributed by atoms with van der Waals surface area (Å²) in [5.74, 6) is 0.691. The molecule has 3 aromatic rings. The molecule has 3 rings (SSSR count). The third-order valence-corrected chi connectivity index (χ3v) is 6.58. The van der Waals surface area contributed by atoms with Gasteiger partial charge >= 0.3 is 0 Å². The van der Waals surface area contributed by atoms with E-state index >= 15 is 0 Å². The van der Waals surface area contributed by atoms with E-state index in [0.29, 0.717) is 5.92 Å². The largest absolute Gasteiger partial charge is 0.512 e. The summed E-state index contributed by atoms with van der Waals surface area (Å²) in [6.45, 7) is 22.1. The van der Waals surface area contributed by atoms with Crippen molar-refractivity contribution < 1.29 is 30.0 Å². The van der Waals surface area contributed by atoms with Gasteiger partial charge in [-0.15, -0.1) is 34.9 Å². The van der Waals surface area contributed by atoms with E-state index in [4.69, 9.17) is 0 Å². The van der Waals surface area contributed by atoms with Gasteiger partial charge in [0.1, 0.15) is 5.76 Å². The third kappa shape index (κ3) is 8.62. The molecule has 1 N–H and O–H groups in total. The summed E-state index contributed by atoms with van der Waals surface area (Å²) in [6, 6.07) is 14.4. The molecule has 3 nitrogen and oxygen atoms in total. The molecular weight excluding hydrogens is 635 g/mol. The minimum absolute atomic E-state index is 0. The van der Waals surface area contributed by atoms with E-state index in [0.717, 1.165) is 23.2 Å². The summed E-state index contributed by atoms with van der Waals surface area (Å²) >= 11 is 0. The second kappa shape index (κ2) is 13.0. The number of rotatable bonds is 4. The number of hydrogen-bond donors (Lipinski definition) is 1. The molecule has 0 amide bonds. The number of nitrogens with zero attached hydrogens (tertiary/aromatic N) is 1. The van der Waals surface area contributed by atoms with Crippen LogP contribution in [0.25, 0.3) is 22.0 Å². The Morgan fingerprint density at radius 2 is 1.62 bits per heavy atom. The van der Waals surface area contributed by atoms with Gasteiger partial charge in [-0.2, -0.15) is 0 Å². The summed E-state index contributed by atoms with van der Waals surface area (Å²) in [5, 5.41) is 12.1. The molecule has 0 aliphatic carbocycles. The SMILES string of the molecule is CC(C)(C)C(=O)C=C(O)C(C)(C)C.CCC(C)c1ccc2c(-c3[c-]c(C)cc(C)c3)nccc2c1C.[Ir]. The molecule has 203 valence electrons. The van der Waals surface area contributed by atoms with Crippen molar-refractivity contribution in [3.63, 3.8) is 0 Å². The van der Waals surface area contributed by atoms with Crippen LogP contribution in [-0.4, -0.2) is 15.9 Å². The van der Waals surface area contributed by atoms with Gasteiger partial charge in [-0.25, -0.2) is 0 Å². The number of benzene rings is 2. The van der Waals surface area contributed by atoms with Crippen LogP contribution >= 0.6 is 0 Å². The van der Waals surface area contributed by atoms with Gasteiger partial charge in [-0.3, -0.25) is 4.79 Å². The Bertz CT molecular complexity index is 1240. The Hall–Kier alpha value is -2.29. The van der Waals surface area contributed by atoms with Crippen LogP contribution in [0.15, 0.2) is 48.4 Å². The van der Waals surface area contributed by atoms with Gasteiger partial charge < -0.3 is 10.1 Å². The van der Waals surface area contributed by atoms with E-state index in [-0.39, 0.29) is 37.1 Å². The van der Waals surface area contributed by atoms with Gasteiger partial charge in [-0.1, -0.05) is 81.4 Å². The van der Waals surface area contributed by atoms with Crippen LogP contribution in [0.3, 0.4) is 0 Å². The van der Waals surface area contributed by atoms with Crippen LogP contribution in [0.5, 0.6) is 0 Å². The molecule has 1 radical (unpaired) electrons. The van der Waals surface area contributed by atoms with Crippen LogP contribution in [0.4, 0.5) is 0 Å². The van der Waals surface area contributed by atoms with Crippen LogP contribution in [0.2, 0.25) is 0 Å². The van der Waals surface area contributed by atoms with Gasteiger partial charge in [0, 0.05) is 43.2 Å². The molecule has 1 aromatic heterocycles. The van der Waals surface area contributed by atoms with Gasteiger partial charge in [0.05, 0.1) is 0 Å². The van der Waals surface area contributed by atoms with Crippen molar-refractivity contribution in [1.82, 2.24) is 4.98 Å². The second-order valence-electron chi connectivity index (χ2n) is 12.0. The number of allylic oxidation sites excluding steroid dienone is 2. The number of aromatic nitrogens is 1. The minimum Gasteiger partial charge on any atom is -0.512 e. The number of carbonyl (C=O) groups is 1. The number of ketones is 1. The van der Waals surface area contributed by atoms with E-state index in [2.05, 4.69) is 76.0 Å². The van der Waals surface area contributed by atoms with E-state index in [9.17, 15) is 9.90 Å². The Kier molecular flexibility index (Phi) is 11.5. The molecule has 0 saturated carbocycles. The molecule has 1 unspecified atom stereocenters. The van der Waals surface area contributed by atoms with E-state index < -0.39 is 5.41 Å². The van der Waals surface area contributed by atoms with Gasteiger partial charge in [0.2, 0.25) is 0 Å². The van der Waals surface area contributed by atoms with Gasteiger partial charge in [0.15, 0.2) is 5.78 Å². The molecule has 0 saturated heterocycles. The Morgan fingerprint density at radius 1 is 1.00 bits per heavy atom. The number of hydrogen-bond acceptors (Lipinski definition) is 3. The van der Waals surface area contributed by atoms with Crippen molar-refractivity contribution in [2.75, 3.05) is 0 Å². The monoisotopic (exact) mass is 679 g/mol. The number of aliphatic hydroxyl groups is 1. The fourth-order valence-corrected chi connectivity index (χ4v) is 3.97. The van der Waals surface area contributed by atoms with Gasteiger partial charge in [0.25, 0.3) is 0 Å². The summed E-state index contributed by atoms with van der Waals surface area (Å²) in [5.41, 5.74) is 6.60. The molecule has 0 fully saturated rings. The number of aliphatic hydroxyl groups excluding tert-OH is 1. The van der Waals surface area contributed by atoms with Crippen molar-refractivity contribution in [2.24, 2.45) is 10.8 Å². The fourth-order valence-electron chi connectivity index (χ4n) is 3.97. The molecule has 2 aromatic carbocycles. The molecule has 37 heavy (non-hydrogen) atoms. The number of pyridine rings is 1. The molecule has 4 heteroatoms. The maximum atomic E-state index is 11.5. The molecule has 0 aliphatic heterocycles. The zero-order chi connectivity index (χ0) is 27.4. The molecule has 0 spiro atoms. The summed E-state index contributed by atoms with van der Waals surface area (Å²) < 4.78 is 0. The average molecular weight is 679 g/mol. The standard InChI is InChI=1S/C22H24N.C11H20O2.Ir/c1-6-16(4)19-7-8-21-20(17(19)5)9-10-23-22(21)18-12-14(2)11-15(3)13-18;1-10(2,3)8(12)7-9(13)11(4,5)6;/h7-12,16H,6H2,1-5H3;7,12H,1-6H3;/q-1;;. The summed E-state index contributed by atoms with van der Waals surface area (Å²) in [6.07, 6.45) is 4.42. The summed E-state index contributed by atoms with van der Waals surface area (Å²) in [4.78, 5) is 16.1. The molecule has 1 atom stereocenters. The zero-order valence-electron chi connectivity index (χ0n) is 24.5. The number of carbonyl (C=O) groups excluding carboxylic acids is 1. The zero-order valence-corrected chi connectivity index (χ0v) is 26.9. The predicted octanol–water partition coefficient (Wildman–Crippen LogP) is 9.23. The van der Waals surface area contributed by atoms with Crippen LogP contribution < -0.4 is 0 Å². The van der Waals surface area contributed by atoms with E-state index in [1.54, 1.807) is 0 Å². The van der Waals surface area contributed by atoms with Gasteiger partial charge in [-0.05, 0) is 52.9 Å². The van der Waals surface area contributed by atoms with Crippen molar-refractivity contribution in [3.8, 4) is 11.3 Å². The molecular formula is C33H44IrNO2-. The van der Waals surface area contributed by atoms with Crippen LogP contribution in [0, 0.1) is 37.7 Å². The van der Waals surface area contributed by atoms with Crippen LogP contribution in [0.1, 0.15) is 90.0 Å². The predicted molar refractivity (Wildman–Crippen MR) is 154 cm³/mol. The van der Waals surface area contributed by atoms with Crippen molar-refractivity contribution >= 4 is 16.6 Å².